The van der Waals surface area contributed by atoms with Crippen LogP contribution < -0.4 is 0 Å². The van der Waals surface area contributed by atoms with E-state index in [0.717, 1.165) is 0 Å². The predicted octanol–water partition coefficient (Wildman–Crippen LogP) is 0.460. The van der Waals surface area contributed by atoms with Crippen molar-refractivity contribution in [2.24, 2.45) is 5.92 Å². The first-order valence-corrected chi connectivity index (χ1v) is 4.91. The van der Waals surface area contributed by atoms with Gasteiger partial charge in [-0.2, -0.15) is 0 Å². The zero-order valence-corrected chi connectivity index (χ0v) is 8.86. The van der Waals surface area contributed by atoms with Crippen LogP contribution in [0.4, 0.5) is 0 Å². The standard InChI is InChI=1S/C10H18O4/c1-6-4-7(14-8(11)5-6)9(12)10(2,3)13/h6-8,11,13H,4-5H2,1-3H3/t6-,7-,8?/m0/s1. The number of carbonyl (C=O) groups is 1. The number of Topliss-reactive ketones (excluding diaryl/α,β-unsaturated/α-hetero) is 1. The minimum absolute atomic E-state index is 0.245. The first kappa shape index (κ1) is 11.6. The van der Waals surface area contributed by atoms with Crippen molar-refractivity contribution in [1.82, 2.24) is 0 Å². The fourth-order valence-corrected chi connectivity index (χ4v) is 1.67. The highest BCUT2D eigenvalue weighted by Gasteiger charge is 2.37. The highest BCUT2D eigenvalue weighted by atomic mass is 16.6. The number of hydrogen-bond donors (Lipinski definition) is 2. The second kappa shape index (κ2) is 3.96. The third-order valence-corrected chi connectivity index (χ3v) is 2.44. The summed E-state index contributed by atoms with van der Waals surface area (Å²) in [5.41, 5.74) is -1.39. The Morgan fingerprint density at radius 1 is 1.43 bits per heavy atom. The van der Waals surface area contributed by atoms with Crippen molar-refractivity contribution in [3.8, 4) is 0 Å². The molecule has 82 valence electrons. The van der Waals surface area contributed by atoms with Crippen LogP contribution in [-0.4, -0.2) is 34.0 Å². The summed E-state index contributed by atoms with van der Waals surface area (Å²) in [5, 5.41) is 18.8. The molecule has 4 heteroatoms. The number of ether oxygens (including phenoxy) is 1. The molecule has 0 saturated carbocycles. The van der Waals surface area contributed by atoms with E-state index in [1.54, 1.807) is 0 Å². The summed E-state index contributed by atoms with van der Waals surface area (Å²) >= 11 is 0. The minimum atomic E-state index is -1.39. The number of aliphatic hydroxyl groups excluding tert-OH is 1. The van der Waals surface area contributed by atoms with Crippen LogP contribution >= 0.6 is 0 Å². The average Bonchev–Trinajstić information content (AvgIpc) is 1.99. The maximum atomic E-state index is 11.6. The molecule has 0 bridgehead atoms. The fourth-order valence-electron chi connectivity index (χ4n) is 1.67. The molecule has 0 aromatic carbocycles. The first-order valence-electron chi connectivity index (χ1n) is 4.91. The Morgan fingerprint density at radius 3 is 2.43 bits per heavy atom. The highest BCUT2D eigenvalue weighted by Crippen LogP contribution is 2.26. The molecule has 0 amide bonds. The topological polar surface area (TPSA) is 66.8 Å². The van der Waals surface area contributed by atoms with Crippen LogP contribution in [0.3, 0.4) is 0 Å². The van der Waals surface area contributed by atoms with Gasteiger partial charge in [0.1, 0.15) is 11.7 Å². The van der Waals surface area contributed by atoms with Gasteiger partial charge in [0.05, 0.1) is 0 Å². The maximum absolute atomic E-state index is 11.6. The highest BCUT2D eigenvalue weighted by molar-refractivity contribution is 5.90. The Bertz CT molecular complexity index is 209. The van der Waals surface area contributed by atoms with Gasteiger partial charge in [-0.25, -0.2) is 0 Å². The summed E-state index contributed by atoms with van der Waals surface area (Å²) in [7, 11) is 0. The number of aliphatic hydroxyl groups is 2. The summed E-state index contributed by atoms with van der Waals surface area (Å²) in [4.78, 5) is 11.6. The SMILES string of the molecule is C[C@@H]1CC(O)O[C@H](C(=O)C(C)(C)O)C1. The maximum Gasteiger partial charge on any atom is 0.192 e. The molecule has 1 aliphatic heterocycles. The third kappa shape index (κ3) is 2.77. The molecule has 14 heavy (non-hydrogen) atoms. The molecule has 0 radical (unpaired) electrons. The van der Waals surface area contributed by atoms with Crippen molar-refractivity contribution in [1.29, 1.82) is 0 Å². The van der Waals surface area contributed by atoms with Crippen molar-refractivity contribution in [3.63, 3.8) is 0 Å². The van der Waals surface area contributed by atoms with Crippen LogP contribution in [0.2, 0.25) is 0 Å². The minimum Gasteiger partial charge on any atom is -0.383 e. The molecule has 0 spiro atoms. The Kier molecular flexibility index (Phi) is 3.29. The van der Waals surface area contributed by atoms with Gasteiger partial charge in [0.2, 0.25) is 0 Å². The normalized spacial score (nSPS) is 34.2. The Labute approximate surface area is 83.9 Å². The summed E-state index contributed by atoms with van der Waals surface area (Å²) in [6.07, 6.45) is -0.431. The van der Waals surface area contributed by atoms with Crippen molar-refractivity contribution in [2.75, 3.05) is 0 Å². The molecule has 1 fully saturated rings. The summed E-state index contributed by atoms with van der Waals surface area (Å²) in [6, 6.07) is 0. The molecule has 1 aliphatic rings. The monoisotopic (exact) mass is 202 g/mol. The lowest BCUT2D eigenvalue weighted by atomic mass is 9.89. The molecule has 1 heterocycles. The molecule has 4 nitrogen and oxygen atoms in total. The first-order chi connectivity index (χ1) is 6.30. The second-order valence-corrected chi connectivity index (χ2v) is 4.58. The molecule has 1 saturated heterocycles. The largest absolute Gasteiger partial charge is 0.383 e. The fraction of sp³-hybridized carbons (Fsp3) is 0.900. The molecule has 3 atom stereocenters. The number of rotatable bonds is 2. The van der Waals surface area contributed by atoms with Gasteiger partial charge < -0.3 is 14.9 Å². The molecular formula is C10H18O4. The van der Waals surface area contributed by atoms with E-state index < -0.39 is 18.0 Å². The van der Waals surface area contributed by atoms with E-state index in [1.807, 2.05) is 6.92 Å². The van der Waals surface area contributed by atoms with E-state index in [4.69, 9.17) is 4.74 Å². The quantitative estimate of drug-likeness (QED) is 0.682. The summed E-state index contributed by atoms with van der Waals surface area (Å²) < 4.78 is 5.09. The zero-order valence-electron chi connectivity index (χ0n) is 8.86. The smallest absolute Gasteiger partial charge is 0.192 e. The molecule has 2 N–H and O–H groups in total. The lowest BCUT2D eigenvalue weighted by Crippen LogP contribution is -2.46. The Morgan fingerprint density at radius 2 is 2.00 bits per heavy atom. The van der Waals surface area contributed by atoms with Gasteiger partial charge in [-0.15, -0.1) is 0 Å². The molecule has 1 unspecified atom stereocenters. The van der Waals surface area contributed by atoms with Crippen LogP contribution in [0.5, 0.6) is 0 Å². The number of hydrogen-bond acceptors (Lipinski definition) is 4. The Balaban J connectivity index is 2.64. The van der Waals surface area contributed by atoms with Gasteiger partial charge >= 0.3 is 0 Å². The lowest BCUT2D eigenvalue weighted by molar-refractivity contribution is -0.191. The van der Waals surface area contributed by atoms with Crippen LogP contribution in [-0.2, 0) is 9.53 Å². The van der Waals surface area contributed by atoms with E-state index in [9.17, 15) is 15.0 Å². The summed E-state index contributed by atoms with van der Waals surface area (Å²) in [6.45, 7) is 4.82. The van der Waals surface area contributed by atoms with E-state index in [-0.39, 0.29) is 11.7 Å². The van der Waals surface area contributed by atoms with Crippen molar-refractivity contribution in [2.45, 2.75) is 51.6 Å². The third-order valence-electron chi connectivity index (χ3n) is 2.44. The molecule has 0 aliphatic carbocycles. The average molecular weight is 202 g/mol. The van der Waals surface area contributed by atoms with Crippen LogP contribution in [0.25, 0.3) is 0 Å². The molecule has 1 rings (SSSR count). The van der Waals surface area contributed by atoms with E-state index in [1.165, 1.54) is 13.8 Å². The number of ketones is 1. The molecule has 0 aromatic heterocycles. The van der Waals surface area contributed by atoms with Gasteiger partial charge in [0.15, 0.2) is 12.1 Å². The van der Waals surface area contributed by atoms with Crippen molar-refractivity contribution >= 4 is 5.78 Å². The van der Waals surface area contributed by atoms with Crippen LogP contribution in [0.15, 0.2) is 0 Å². The van der Waals surface area contributed by atoms with Crippen LogP contribution in [0.1, 0.15) is 33.6 Å². The van der Waals surface area contributed by atoms with Crippen molar-refractivity contribution in [3.05, 3.63) is 0 Å². The second-order valence-electron chi connectivity index (χ2n) is 4.58. The van der Waals surface area contributed by atoms with Gasteiger partial charge in [-0.3, -0.25) is 4.79 Å². The molecule has 0 aromatic rings. The van der Waals surface area contributed by atoms with E-state index >= 15 is 0 Å². The molecular weight excluding hydrogens is 184 g/mol. The van der Waals surface area contributed by atoms with Gasteiger partial charge in [0, 0.05) is 6.42 Å². The van der Waals surface area contributed by atoms with Gasteiger partial charge in [0.25, 0.3) is 0 Å². The summed E-state index contributed by atoms with van der Waals surface area (Å²) in [5.74, 6) is -0.113. The van der Waals surface area contributed by atoms with Gasteiger partial charge in [-0.1, -0.05) is 6.92 Å². The van der Waals surface area contributed by atoms with Gasteiger partial charge in [-0.05, 0) is 26.2 Å². The zero-order chi connectivity index (χ0) is 10.9. The number of carbonyl (C=O) groups excluding carboxylic acids is 1. The van der Waals surface area contributed by atoms with Crippen molar-refractivity contribution < 1.29 is 19.7 Å². The predicted molar refractivity (Wildman–Crippen MR) is 50.6 cm³/mol. The van der Waals surface area contributed by atoms with E-state index in [2.05, 4.69) is 0 Å². The lowest BCUT2D eigenvalue weighted by Gasteiger charge is -2.32. The van der Waals surface area contributed by atoms with Crippen LogP contribution in [0, 0.1) is 5.92 Å². The Hall–Kier alpha value is -0.450. The van der Waals surface area contributed by atoms with E-state index in [0.29, 0.717) is 12.8 Å².